The van der Waals surface area contributed by atoms with Gasteiger partial charge in [0.25, 0.3) is 17.4 Å². The van der Waals surface area contributed by atoms with Gasteiger partial charge in [-0.3, -0.25) is 24.3 Å². The first kappa shape index (κ1) is 14.2. The van der Waals surface area contributed by atoms with Gasteiger partial charge in [-0.25, -0.2) is 4.99 Å². The van der Waals surface area contributed by atoms with Crippen LogP contribution in [0.3, 0.4) is 0 Å². The minimum Gasteiger partial charge on any atom is -0.476 e. The van der Waals surface area contributed by atoms with E-state index >= 15 is 0 Å². The van der Waals surface area contributed by atoms with Crippen LogP contribution in [-0.2, 0) is 4.74 Å². The lowest BCUT2D eigenvalue weighted by atomic mass is 10.1. The molecule has 3 heterocycles. The molecular weight excluding hydrogens is 312 g/mol. The third-order valence-corrected chi connectivity index (χ3v) is 3.91. The van der Waals surface area contributed by atoms with E-state index in [1.54, 1.807) is 24.3 Å². The minimum absolute atomic E-state index is 0.00378. The van der Waals surface area contributed by atoms with Crippen LogP contribution in [0.4, 0.5) is 5.82 Å². The number of benzene rings is 1. The molecule has 120 valence electrons. The van der Waals surface area contributed by atoms with Gasteiger partial charge < -0.3 is 10.5 Å². The van der Waals surface area contributed by atoms with E-state index in [2.05, 4.69) is 10.3 Å². The first-order valence-corrected chi connectivity index (χ1v) is 7.25. The fourth-order valence-corrected chi connectivity index (χ4v) is 2.81. The quantitative estimate of drug-likeness (QED) is 0.759. The van der Waals surface area contributed by atoms with Gasteiger partial charge in [-0.05, 0) is 24.3 Å². The highest BCUT2D eigenvalue weighted by Gasteiger charge is 2.31. The second-order valence-electron chi connectivity index (χ2n) is 5.36. The Morgan fingerprint density at radius 2 is 1.88 bits per heavy atom. The summed E-state index contributed by atoms with van der Waals surface area (Å²) in [5.41, 5.74) is 6.79. The monoisotopic (exact) mass is 324 g/mol. The molecule has 4 rings (SSSR count). The number of fused-ring (bicyclic) bond motifs is 1. The Bertz CT molecular complexity index is 973. The maximum Gasteiger partial charge on any atom is 0.262 e. The molecule has 0 aliphatic carbocycles. The van der Waals surface area contributed by atoms with Gasteiger partial charge in [0.1, 0.15) is 12.4 Å². The number of nitrogens with zero attached hydrogens (tertiary/aromatic N) is 2. The summed E-state index contributed by atoms with van der Waals surface area (Å²) in [5, 5.41) is 2.13. The van der Waals surface area contributed by atoms with E-state index in [0.717, 1.165) is 11.6 Å². The predicted molar refractivity (Wildman–Crippen MR) is 85.6 cm³/mol. The van der Waals surface area contributed by atoms with E-state index in [0.29, 0.717) is 24.7 Å². The minimum atomic E-state index is -0.613. The Morgan fingerprint density at radius 3 is 2.54 bits per heavy atom. The molecule has 0 unspecified atom stereocenters. The highest BCUT2D eigenvalue weighted by Crippen LogP contribution is 2.23. The smallest absolute Gasteiger partial charge is 0.262 e. The largest absolute Gasteiger partial charge is 0.476 e. The van der Waals surface area contributed by atoms with Gasteiger partial charge in [-0.15, -0.1) is 0 Å². The summed E-state index contributed by atoms with van der Waals surface area (Å²) in [7, 11) is 0. The molecule has 0 fully saturated rings. The van der Waals surface area contributed by atoms with Crippen molar-refractivity contribution in [2.24, 2.45) is 4.99 Å². The van der Waals surface area contributed by atoms with Crippen molar-refractivity contribution in [3.8, 4) is 5.69 Å². The lowest BCUT2D eigenvalue weighted by molar-refractivity contribution is 0.0880. The first-order valence-electron chi connectivity index (χ1n) is 7.25. The SMILES string of the molecule is Nc1c2c(cc(=O)n1-c1ccc(C3=NCCO3)cc1)C(=O)NC2=O. The highest BCUT2D eigenvalue weighted by atomic mass is 16.5. The Labute approximate surface area is 135 Å². The number of nitrogens with one attached hydrogen (secondary N) is 1. The lowest BCUT2D eigenvalue weighted by Gasteiger charge is -2.12. The number of hydrogen-bond acceptors (Lipinski definition) is 6. The van der Waals surface area contributed by atoms with E-state index in [-0.39, 0.29) is 16.9 Å². The number of amides is 2. The maximum atomic E-state index is 12.3. The van der Waals surface area contributed by atoms with Crippen LogP contribution in [0.25, 0.3) is 5.69 Å². The molecule has 0 saturated carbocycles. The summed E-state index contributed by atoms with van der Waals surface area (Å²) in [6.07, 6.45) is 0. The fourth-order valence-electron chi connectivity index (χ4n) is 2.81. The van der Waals surface area contributed by atoms with Crippen molar-refractivity contribution in [2.45, 2.75) is 0 Å². The Kier molecular flexibility index (Phi) is 2.99. The van der Waals surface area contributed by atoms with Gasteiger partial charge in [0.15, 0.2) is 0 Å². The van der Waals surface area contributed by atoms with Crippen molar-refractivity contribution >= 4 is 23.5 Å². The van der Waals surface area contributed by atoms with Crippen molar-refractivity contribution in [3.05, 3.63) is 57.4 Å². The zero-order valence-electron chi connectivity index (χ0n) is 12.4. The molecule has 0 bridgehead atoms. The second kappa shape index (κ2) is 5.05. The van der Waals surface area contributed by atoms with E-state index in [9.17, 15) is 14.4 Å². The van der Waals surface area contributed by atoms with Gasteiger partial charge in [0.2, 0.25) is 5.90 Å². The molecule has 2 aromatic rings. The van der Waals surface area contributed by atoms with E-state index in [4.69, 9.17) is 10.5 Å². The summed E-state index contributed by atoms with van der Waals surface area (Å²) in [6.45, 7) is 1.18. The number of hydrogen-bond donors (Lipinski definition) is 2. The van der Waals surface area contributed by atoms with Crippen LogP contribution >= 0.6 is 0 Å². The molecule has 0 spiro atoms. The number of ether oxygens (including phenoxy) is 1. The van der Waals surface area contributed by atoms with Gasteiger partial charge >= 0.3 is 0 Å². The van der Waals surface area contributed by atoms with E-state index in [1.165, 1.54) is 4.57 Å². The summed E-state index contributed by atoms with van der Waals surface area (Å²) in [4.78, 5) is 40.1. The number of aromatic nitrogens is 1. The number of carbonyl (C=O) groups excluding carboxylic acids is 2. The van der Waals surface area contributed by atoms with E-state index in [1.807, 2.05) is 0 Å². The predicted octanol–water partition coefficient (Wildman–Crippen LogP) is 0.0801. The molecule has 1 aromatic heterocycles. The van der Waals surface area contributed by atoms with Gasteiger partial charge in [0, 0.05) is 11.6 Å². The average molecular weight is 324 g/mol. The lowest BCUT2D eigenvalue weighted by Crippen LogP contribution is -2.24. The molecule has 2 aliphatic rings. The van der Waals surface area contributed by atoms with Crippen molar-refractivity contribution in [3.63, 3.8) is 0 Å². The molecule has 24 heavy (non-hydrogen) atoms. The van der Waals surface area contributed by atoms with Crippen LogP contribution in [-0.4, -0.2) is 35.4 Å². The number of rotatable bonds is 2. The average Bonchev–Trinajstić information content (AvgIpc) is 3.17. The zero-order chi connectivity index (χ0) is 16.8. The van der Waals surface area contributed by atoms with Gasteiger partial charge in [-0.1, -0.05) is 0 Å². The number of nitrogens with two attached hydrogens (primary N) is 1. The van der Waals surface area contributed by atoms with Crippen LogP contribution < -0.4 is 16.6 Å². The molecule has 2 amide bonds. The maximum absolute atomic E-state index is 12.3. The van der Waals surface area contributed by atoms with Crippen LogP contribution in [0, 0.1) is 0 Å². The molecule has 8 nitrogen and oxygen atoms in total. The van der Waals surface area contributed by atoms with Crippen LogP contribution in [0.15, 0.2) is 40.1 Å². The Balaban J connectivity index is 1.83. The third kappa shape index (κ3) is 2.00. The molecule has 0 radical (unpaired) electrons. The zero-order valence-corrected chi connectivity index (χ0v) is 12.4. The number of carbonyl (C=O) groups is 2. The first-order chi connectivity index (χ1) is 11.6. The molecule has 8 heteroatoms. The topological polar surface area (TPSA) is 116 Å². The molecule has 0 saturated heterocycles. The standard InChI is InChI=1S/C16H12N4O4/c17-13-12-10(14(22)19-15(12)23)7-11(21)20(13)9-3-1-8(2-4-9)16-18-5-6-24-16/h1-4,7H,5-6,17H2,(H,19,22,23). The molecule has 3 N–H and O–H groups in total. The Morgan fingerprint density at radius 1 is 1.12 bits per heavy atom. The number of pyridine rings is 1. The molecule has 2 aliphatic heterocycles. The number of anilines is 1. The van der Waals surface area contributed by atoms with Crippen molar-refractivity contribution in [1.29, 1.82) is 0 Å². The number of nitrogen functional groups attached to an aromatic ring is 1. The van der Waals surface area contributed by atoms with Crippen LogP contribution in [0.2, 0.25) is 0 Å². The molecule has 0 atom stereocenters. The van der Waals surface area contributed by atoms with Crippen molar-refractivity contribution < 1.29 is 14.3 Å². The summed E-state index contributed by atoms with van der Waals surface area (Å²) in [6, 6.07) is 7.98. The summed E-state index contributed by atoms with van der Waals surface area (Å²) >= 11 is 0. The normalized spacial score (nSPS) is 15.8. The van der Waals surface area contributed by atoms with Gasteiger partial charge in [0.05, 0.1) is 23.4 Å². The van der Waals surface area contributed by atoms with Crippen LogP contribution in [0.5, 0.6) is 0 Å². The van der Waals surface area contributed by atoms with Crippen LogP contribution in [0.1, 0.15) is 26.3 Å². The number of imide groups is 1. The Hall–Kier alpha value is -3.42. The number of aliphatic imine (C=N–C) groups is 1. The highest BCUT2D eigenvalue weighted by molar-refractivity contribution is 6.23. The fraction of sp³-hybridized carbons (Fsp3) is 0.125. The molecule has 1 aromatic carbocycles. The summed E-state index contributed by atoms with van der Waals surface area (Å²) in [5.74, 6) is -0.729. The van der Waals surface area contributed by atoms with Crippen molar-refractivity contribution in [1.82, 2.24) is 9.88 Å². The third-order valence-electron chi connectivity index (χ3n) is 3.91. The summed E-state index contributed by atoms with van der Waals surface area (Å²) < 4.78 is 6.58. The second-order valence-corrected chi connectivity index (χ2v) is 5.36. The molecular formula is C16H12N4O4. The van der Waals surface area contributed by atoms with Crippen molar-refractivity contribution in [2.75, 3.05) is 18.9 Å². The van der Waals surface area contributed by atoms with E-state index < -0.39 is 17.4 Å². The van der Waals surface area contributed by atoms with Gasteiger partial charge in [-0.2, -0.15) is 0 Å².